The summed E-state index contributed by atoms with van der Waals surface area (Å²) in [6.45, 7) is 1.67. The highest BCUT2D eigenvalue weighted by molar-refractivity contribution is 6.31. The maximum Gasteiger partial charge on any atom is 0.185 e. The molecule has 0 fully saturated rings. The summed E-state index contributed by atoms with van der Waals surface area (Å²) >= 11 is 5.97. The first kappa shape index (κ1) is 10.5. The third-order valence-corrected chi connectivity index (χ3v) is 2.97. The van der Waals surface area contributed by atoms with Crippen LogP contribution < -0.4 is 15.0 Å². The number of anilines is 1. The van der Waals surface area contributed by atoms with Gasteiger partial charge in [-0.05, 0) is 18.2 Å². The minimum atomic E-state index is 0.701. The monoisotopic (exact) mass is 249 g/mol. The molecule has 0 saturated heterocycles. The molecular formula is C12H12ClN3O. The lowest BCUT2D eigenvalue weighted by Crippen LogP contribution is -2.28. The quantitative estimate of drug-likeness (QED) is 0.827. The van der Waals surface area contributed by atoms with Crippen LogP contribution in [-0.4, -0.2) is 26.0 Å². The molecule has 2 aliphatic heterocycles. The van der Waals surface area contributed by atoms with Crippen LogP contribution in [-0.2, 0) is 0 Å². The first-order valence-electron chi connectivity index (χ1n) is 5.45. The Balaban J connectivity index is 1.97. The van der Waals surface area contributed by atoms with Gasteiger partial charge in [-0.1, -0.05) is 11.6 Å². The van der Waals surface area contributed by atoms with Crippen molar-refractivity contribution in [3.63, 3.8) is 0 Å². The Bertz CT molecular complexity index is 524. The molecular weight excluding hydrogens is 238 g/mol. The molecule has 3 rings (SSSR count). The smallest absolute Gasteiger partial charge is 0.185 e. The van der Waals surface area contributed by atoms with Crippen molar-refractivity contribution in [2.45, 2.75) is 0 Å². The average molecular weight is 250 g/mol. The second-order valence-corrected chi connectivity index (χ2v) is 4.41. The Morgan fingerprint density at radius 1 is 1.47 bits per heavy atom. The third kappa shape index (κ3) is 1.85. The number of nitrogens with zero attached hydrogens (tertiary/aromatic N) is 2. The largest absolute Gasteiger partial charge is 0.450 e. The van der Waals surface area contributed by atoms with Gasteiger partial charge in [-0.25, -0.2) is 0 Å². The van der Waals surface area contributed by atoms with E-state index in [1.54, 1.807) is 0 Å². The fourth-order valence-electron chi connectivity index (χ4n) is 1.92. The van der Waals surface area contributed by atoms with Gasteiger partial charge in [0.15, 0.2) is 17.3 Å². The number of nitrogens with one attached hydrogen (secondary N) is 1. The van der Waals surface area contributed by atoms with Gasteiger partial charge in [-0.3, -0.25) is 4.99 Å². The number of halogens is 1. The minimum Gasteiger partial charge on any atom is -0.450 e. The Morgan fingerprint density at radius 2 is 2.35 bits per heavy atom. The van der Waals surface area contributed by atoms with Gasteiger partial charge in [0.1, 0.15) is 0 Å². The van der Waals surface area contributed by atoms with E-state index in [9.17, 15) is 0 Å². The summed E-state index contributed by atoms with van der Waals surface area (Å²) in [6.07, 6.45) is 1.91. The van der Waals surface area contributed by atoms with Gasteiger partial charge in [0.2, 0.25) is 0 Å². The molecule has 88 valence electrons. The van der Waals surface area contributed by atoms with Gasteiger partial charge >= 0.3 is 0 Å². The van der Waals surface area contributed by atoms with E-state index in [4.69, 9.17) is 16.3 Å². The standard InChI is InChI=1S/C12H12ClN3O/c1-16-7-11(12-14-4-5-15-12)17-10-3-2-8(13)6-9(10)16/h2-3,6-7H,4-5H2,1H3,(H,14,15). The van der Waals surface area contributed by atoms with Crippen LogP contribution >= 0.6 is 11.6 Å². The molecule has 0 saturated carbocycles. The summed E-state index contributed by atoms with van der Waals surface area (Å²) in [7, 11) is 1.97. The summed E-state index contributed by atoms with van der Waals surface area (Å²) in [5.41, 5.74) is 0.958. The molecule has 0 spiro atoms. The number of amidine groups is 1. The first-order chi connectivity index (χ1) is 8.24. The highest BCUT2D eigenvalue weighted by Crippen LogP contribution is 2.35. The summed E-state index contributed by atoms with van der Waals surface area (Å²) in [4.78, 5) is 6.33. The zero-order valence-electron chi connectivity index (χ0n) is 9.40. The maximum absolute atomic E-state index is 5.97. The van der Waals surface area contributed by atoms with E-state index in [1.807, 2.05) is 36.3 Å². The number of aliphatic imine (C=N–C) groups is 1. The van der Waals surface area contributed by atoms with Crippen molar-refractivity contribution in [3.05, 3.63) is 35.2 Å². The van der Waals surface area contributed by atoms with Crippen LogP contribution in [0.1, 0.15) is 0 Å². The van der Waals surface area contributed by atoms with Crippen molar-refractivity contribution in [2.75, 3.05) is 25.0 Å². The summed E-state index contributed by atoms with van der Waals surface area (Å²) in [5, 5.41) is 3.89. The molecule has 0 bridgehead atoms. The Morgan fingerprint density at radius 3 is 3.12 bits per heavy atom. The van der Waals surface area contributed by atoms with Gasteiger partial charge in [-0.15, -0.1) is 0 Å². The highest BCUT2D eigenvalue weighted by atomic mass is 35.5. The van der Waals surface area contributed by atoms with E-state index in [2.05, 4.69) is 10.3 Å². The SMILES string of the molecule is CN1C=C(C2=NCCN2)Oc2ccc(Cl)cc21. The van der Waals surface area contributed by atoms with Crippen LogP contribution in [0, 0.1) is 0 Å². The maximum atomic E-state index is 5.97. The number of fused-ring (bicyclic) bond motifs is 1. The third-order valence-electron chi connectivity index (χ3n) is 2.74. The second-order valence-electron chi connectivity index (χ2n) is 3.98. The molecule has 0 unspecified atom stereocenters. The molecule has 4 nitrogen and oxygen atoms in total. The average Bonchev–Trinajstić information content (AvgIpc) is 2.83. The highest BCUT2D eigenvalue weighted by Gasteiger charge is 2.21. The predicted molar refractivity (Wildman–Crippen MR) is 68.9 cm³/mol. The Kier molecular flexibility index (Phi) is 2.44. The van der Waals surface area contributed by atoms with Crippen molar-refractivity contribution in [1.82, 2.24) is 5.32 Å². The van der Waals surface area contributed by atoms with E-state index in [1.165, 1.54) is 0 Å². The molecule has 0 atom stereocenters. The lowest BCUT2D eigenvalue weighted by atomic mass is 10.2. The minimum absolute atomic E-state index is 0.701. The van der Waals surface area contributed by atoms with Gasteiger partial charge in [-0.2, -0.15) is 0 Å². The van der Waals surface area contributed by atoms with Crippen LogP contribution in [0.4, 0.5) is 5.69 Å². The molecule has 17 heavy (non-hydrogen) atoms. The van der Waals surface area contributed by atoms with E-state index in [0.717, 1.165) is 36.1 Å². The molecule has 1 aromatic carbocycles. The van der Waals surface area contributed by atoms with Crippen molar-refractivity contribution >= 4 is 23.1 Å². The van der Waals surface area contributed by atoms with Gasteiger partial charge in [0, 0.05) is 18.6 Å². The molecule has 0 amide bonds. The van der Waals surface area contributed by atoms with Crippen LogP contribution in [0.25, 0.3) is 0 Å². The number of hydrogen-bond donors (Lipinski definition) is 1. The van der Waals surface area contributed by atoms with Crippen molar-refractivity contribution in [3.8, 4) is 5.75 Å². The van der Waals surface area contributed by atoms with Crippen LogP contribution in [0.2, 0.25) is 5.02 Å². The second kappa shape index (κ2) is 3.96. The summed E-state index contributed by atoms with van der Waals surface area (Å²) < 4.78 is 5.81. The number of rotatable bonds is 1. The molecule has 2 aliphatic rings. The molecule has 1 aromatic rings. The lowest BCUT2D eigenvalue weighted by Gasteiger charge is -2.26. The zero-order chi connectivity index (χ0) is 11.8. The Hall–Kier alpha value is -1.68. The van der Waals surface area contributed by atoms with E-state index in [0.29, 0.717) is 5.02 Å². The van der Waals surface area contributed by atoms with Crippen LogP contribution in [0.3, 0.4) is 0 Å². The van der Waals surface area contributed by atoms with Gasteiger partial charge < -0.3 is 15.0 Å². The normalized spacial score (nSPS) is 17.9. The predicted octanol–water partition coefficient (Wildman–Crippen LogP) is 2.01. The van der Waals surface area contributed by atoms with Crippen LogP contribution in [0.15, 0.2) is 35.2 Å². The van der Waals surface area contributed by atoms with Crippen LogP contribution in [0.5, 0.6) is 5.75 Å². The molecule has 5 heteroatoms. The van der Waals surface area contributed by atoms with Gasteiger partial charge in [0.25, 0.3) is 0 Å². The lowest BCUT2D eigenvalue weighted by molar-refractivity contribution is 0.442. The number of benzene rings is 1. The van der Waals surface area contributed by atoms with Crippen molar-refractivity contribution < 1.29 is 4.74 Å². The molecule has 2 heterocycles. The van der Waals surface area contributed by atoms with E-state index in [-0.39, 0.29) is 0 Å². The fourth-order valence-corrected chi connectivity index (χ4v) is 2.08. The van der Waals surface area contributed by atoms with Gasteiger partial charge in [0.05, 0.1) is 18.4 Å². The molecule has 0 aromatic heterocycles. The van der Waals surface area contributed by atoms with E-state index >= 15 is 0 Å². The zero-order valence-corrected chi connectivity index (χ0v) is 10.2. The van der Waals surface area contributed by atoms with E-state index < -0.39 is 0 Å². The summed E-state index contributed by atoms with van der Waals surface area (Å²) in [5.74, 6) is 2.36. The van der Waals surface area contributed by atoms with Crippen molar-refractivity contribution in [2.24, 2.45) is 4.99 Å². The number of ether oxygens (including phenoxy) is 1. The Labute approximate surface area is 105 Å². The first-order valence-corrected chi connectivity index (χ1v) is 5.82. The number of hydrogen-bond acceptors (Lipinski definition) is 4. The van der Waals surface area contributed by atoms with Crippen molar-refractivity contribution in [1.29, 1.82) is 0 Å². The molecule has 0 radical (unpaired) electrons. The fraction of sp³-hybridized carbons (Fsp3) is 0.250. The topological polar surface area (TPSA) is 36.9 Å². The molecule has 1 N–H and O–H groups in total. The summed E-state index contributed by atoms with van der Waals surface area (Å²) in [6, 6.07) is 5.58. The molecule has 0 aliphatic carbocycles.